The van der Waals surface area contributed by atoms with Crippen LogP contribution in [0.4, 0.5) is 20.2 Å². The maximum Gasteiger partial charge on any atom is 0.144 e. The fourth-order valence-electron chi connectivity index (χ4n) is 2.84. The van der Waals surface area contributed by atoms with Gasteiger partial charge in [-0.2, -0.15) is 5.10 Å². The number of rotatable bonds is 2. The first-order valence-corrected chi connectivity index (χ1v) is 8.84. The number of benzene rings is 2. The predicted molar refractivity (Wildman–Crippen MR) is 96.7 cm³/mol. The lowest BCUT2D eigenvalue weighted by molar-refractivity contribution is 0.579. The molecule has 0 unspecified atom stereocenters. The van der Waals surface area contributed by atoms with Gasteiger partial charge in [-0.3, -0.25) is 5.10 Å². The molecule has 2 aromatic carbocycles. The summed E-state index contributed by atoms with van der Waals surface area (Å²) in [7, 11) is 0. The van der Waals surface area contributed by atoms with E-state index in [9.17, 15) is 8.78 Å². The normalized spacial score (nSPS) is 12.7. The smallest absolute Gasteiger partial charge is 0.144 e. The van der Waals surface area contributed by atoms with Crippen LogP contribution in [0.2, 0.25) is 0 Å². The van der Waals surface area contributed by atoms with Crippen molar-refractivity contribution in [2.45, 2.75) is 11.9 Å². The van der Waals surface area contributed by atoms with Gasteiger partial charge in [0.25, 0.3) is 0 Å². The Morgan fingerprint density at radius 1 is 1.08 bits per heavy atom. The van der Waals surface area contributed by atoms with Gasteiger partial charge in [0, 0.05) is 5.56 Å². The van der Waals surface area contributed by atoms with E-state index < -0.39 is 11.6 Å². The highest BCUT2D eigenvalue weighted by atomic mass is 32.2. The monoisotopic (exact) mass is 356 g/mol. The summed E-state index contributed by atoms with van der Waals surface area (Å²) in [6.07, 6.45) is 1.89. The Labute approximate surface area is 147 Å². The Hall–Kier alpha value is -2.67. The van der Waals surface area contributed by atoms with E-state index in [4.69, 9.17) is 0 Å². The molecule has 126 valence electrons. The molecule has 0 amide bonds. The second kappa shape index (κ2) is 6.00. The van der Waals surface area contributed by atoms with E-state index in [2.05, 4.69) is 20.5 Å². The number of aryl methyl sites for hydroxylation is 1. The van der Waals surface area contributed by atoms with Crippen molar-refractivity contribution < 1.29 is 8.78 Å². The van der Waals surface area contributed by atoms with Crippen molar-refractivity contribution in [3.05, 3.63) is 59.2 Å². The highest BCUT2D eigenvalue weighted by Crippen LogP contribution is 2.41. The number of hydrogen-bond acceptors (Lipinski definition) is 4. The number of nitrogens with one attached hydrogen (secondary N) is 2. The van der Waals surface area contributed by atoms with E-state index in [-0.39, 0.29) is 11.4 Å². The second-order valence-corrected chi connectivity index (χ2v) is 6.48. The Bertz CT molecular complexity index is 990. The molecule has 7 heteroatoms. The largest absolute Gasteiger partial charge is 0.336 e. The molecule has 1 aromatic heterocycles. The van der Waals surface area contributed by atoms with Gasteiger partial charge in [-0.15, -0.1) is 11.8 Å². The topological polar surface area (TPSA) is 53.1 Å². The first-order chi connectivity index (χ1) is 12.1. The van der Waals surface area contributed by atoms with Crippen LogP contribution in [0.1, 0.15) is 11.1 Å². The maximum atomic E-state index is 14.3. The first kappa shape index (κ1) is 15.8. The van der Waals surface area contributed by atoms with Crippen LogP contribution in [-0.2, 0) is 0 Å². The third-order valence-corrected chi connectivity index (χ3v) is 4.71. The minimum atomic E-state index is -0.669. The van der Waals surface area contributed by atoms with Gasteiger partial charge >= 0.3 is 0 Å². The summed E-state index contributed by atoms with van der Waals surface area (Å²) < 4.78 is 28.6. The highest BCUT2D eigenvalue weighted by molar-refractivity contribution is 7.98. The summed E-state index contributed by atoms with van der Waals surface area (Å²) in [4.78, 5) is 4.50. The van der Waals surface area contributed by atoms with Crippen LogP contribution in [0.3, 0.4) is 0 Å². The second-order valence-electron chi connectivity index (χ2n) is 5.69. The third-order valence-electron chi connectivity index (χ3n) is 4.02. The van der Waals surface area contributed by atoms with E-state index in [1.807, 2.05) is 31.4 Å². The summed E-state index contributed by atoms with van der Waals surface area (Å²) >= 11 is 1.44. The summed E-state index contributed by atoms with van der Waals surface area (Å²) in [5, 5.41) is 11.1. The molecular weight excluding hydrogens is 342 g/mol. The molecule has 0 saturated carbocycles. The molecule has 2 N–H and O–H groups in total. The van der Waals surface area contributed by atoms with E-state index in [0.29, 0.717) is 16.4 Å². The molecule has 3 aromatic rings. The first-order valence-electron chi connectivity index (χ1n) is 7.62. The van der Waals surface area contributed by atoms with Crippen molar-refractivity contribution in [2.75, 3.05) is 11.6 Å². The van der Waals surface area contributed by atoms with Gasteiger partial charge in [-0.25, -0.2) is 13.8 Å². The number of amidine groups is 1. The zero-order chi connectivity index (χ0) is 17.6. The Kier molecular flexibility index (Phi) is 3.80. The summed E-state index contributed by atoms with van der Waals surface area (Å²) in [6, 6.07) is 9.49. The molecule has 0 bridgehead atoms. The molecular formula is C18H14F2N4S. The maximum absolute atomic E-state index is 14.3. The van der Waals surface area contributed by atoms with Crippen LogP contribution >= 0.6 is 11.8 Å². The fraction of sp³-hybridized carbons (Fsp3) is 0.111. The third kappa shape index (κ3) is 2.60. The van der Waals surface area contributed by atoms with Crippen LogP contribution in [0.5, 0.6) is 0 Å². The Balaban J connectivity index is 2.01. The lowest BCUT2D eigenvalue weighted by Gasteiger charge is -2.10. The van der Waals surface area contributed by atoms with Crippen molar-refractivity contribution >= 4 is 29.0 Å². The highest BCUT2D eigenvalue weighted by Gasteiger charge is 2.25. The molecule has 25 heavy (non-hydrogen) atoms. The molecule has 0 saturated heterocycles. The average Bonchev–Trinajstić information content (AvgIpc) is 2.91. The standard InChI is InChI=1S/C18H14F2N4S/c1-9-6-7-13-10(8-9)15-16(18(25-2)24-23-15)22-17(21-13)14-11(19)4-3-5-12(14)20/h3-8H,1-2H3,(H,21,22)(H,23,24). The van der Waals surface area contributed by atoms with Gasteiger partial charge in [0.15, 0.2) is 0 Å². The lowest BCUT2D eigenvalue weighted by Crippen LogP contribution is -2.17. The Morgan fingerprint density at radius 3 is 2.56 bits per heavy atom. The minimum absolute atomic E-state index is 0.121. The van der Waals surface area contributed by atoms with Crippen LogP contribution < -0.4 is 5.32 Å². The molecule has 4 nitrogen and oxygen atoms in total. The van der Waals surface area contributed by atoms with Crippen molar-refractivity contribution in [3.63, 3.8) is 0 Å². The average molecular weight is 356 g/mol. The van der Waals surface area contributed by atoms with E-state index >= 15 is 0 Å². The summed E-state index contributed by atoms with van der Waals surface area (Å²) in [5.74, 6) is -1.22. The quantitative estimate of drug-likeness (QED) is 0.643. The minimum Gasteiger partial charge on any atom is -0.336 e. The molecule has 0 aliphatic carbocycles. The zero-order valence-corrected chi connectivity index (χ0v) is 14.3. The molecule has 0 atom stereocenters. The summed E-state index contributed by atoms with van der Waals surface area (Å²) in [5.41, 5.74) is 3.74. The van der Waals surface area contributed by atoms with Crippen molar-refractivity contribution in [3.8, 4) is 11.3 Å². The number of nitrogens with zero attached hydrogens (tertiary/aromatic N) is 2. The molecule has 1 aliphatic heterocycles. The number of hydrogen-bond donors (Lipinski definition) is 2. The van der Waals surface area contributed by atoms with Gasteiger partial charge in [0.05, 0.1) is 16.9 Å². The van der Waals surface area contributed by atoms with Gasteiger partial charge in [0.2, 0.25) is 0 Å². The number of aromatic amines is 1. The molecule has 0 radical (unpaired) electrons. The van der Waals surface area contributed by atoms with Crippen LogP contribution in [0, 0.1) is 18.6 Å². The van der Waals surface area contributed by atoms with Crippen molar-refractivity contribution in [2.24, 2.45) is 4.99 Å². The molecule has 1 aliphatic rings. The van der Waals surface area contributed by atoms with E-state index in [1.54, 1.807) is 0 Å². The Morgan fingerprint density at radius 2 is 1.84 bits per heavy atom. The van der Waals surface area contributed by atoms with E-state index in [0.717, 1.165) is 16.8 Å². The number of thioether (sulfide) groups is 1. The predicted octanol–water partition coefficient (Wildman–Crippen LogP) is 4.89. The van der Waals surface area contributed by atoms with Gasteiger partial charge < -0.3 is 5.32 Å². The van der Waals surface area contributed by atoms with Crippen LogP contribution in [0.25, 0.3) is 11.3 Å². The molecule has 0 spiro atoms. The molecule has 0 fully saturated rings. The number of aliphatic imine (C=N–C) groups is 1. The number of fused-ring (bicyclic) bond motifs is 3. The van der Waals surface area contributed by atoms with E-state index in [1.165, 1.54) is 30.0 Å². The summed E-state index contributed by atoms with van der Waals surface area (Å²) in [6.45, 7) is 1.98. The van der Waals surface area contributed by atoms with Gasteiger partial charge in [-0.05, 0) is 37.4 Å². The number of H-pyrrole nitrogens is 1. The molecule has 2 heterocycles. The van der Waals surface area contributed by atoms with Crippen LogP contribution in [0.15, 0.2) is 46.4 Å². The van der Waals surface area contributed by atoms with Crippen molar-refractivity contribution in [1.82, 2.24) is 10.2 Å². The zero-order valence-electron chi connectivity index (χ0n) is 13.5. The number of aromatic nitrogens is 2. The van der Waals surface area contributed by atoms with Crippen molar-refractivity contribution in [1.29, 1.82) is 0 Å². The van der Waals surface area contributed by atoms with Gasteiger partial charge in [-0.1, -0.05) is 17.7 Å². The van der Waals surface area contributed by atoms with Gasteiger partial charge in [0.1, 0.15) is 28.2 Å². The molecule has 4 rings (SSSR count). The SMILES string of the molecule is CSc1n[nH]c2c1NC(c1c(F)cccc1F)=Nc1ccc(C)cc1-2. The number of anilines is 1. The lowest BCUT2D eigenvalue weighted by atomic mass is 10.1. The fourth-order valence-corrected chi connectivity index (χ4v) is 3.33. The number of halogens is 2. The van der Waals surface area contributed by atoms with Crippen LogP contribution in [-0.4, -0.2) is 22.3 Å².